The lowest BCUT2D eigenvalue weighted by Gasteiger charge is -2.11. The molecular formula is C16H14N4O4. The highest BCUT2D eigenvalue weighted by molar-refractivity contribution is 5.94. The summed E-state index contributed by atoms with van der Waals surface area (Å²) in [6.45, 7) is -0.0997. The fourth-order valence-electron chi connectivity index (χ4n) is 1.96. The number of benzene rings is 2. The van der Waals surface area contributed by atoms with E-state index in [1.165, 1.54) is 25.3 Å². The third-order valence-electron chi connectivity index (χ3n) is 3.13. The average Bonchev–Trinajstić information content (AvgIpc) is 2.60. The molecule has 0 atom stereocenters. The molecule has 0 aliphatic carbocycles. The molecule has 0 fully saturated rings. The Bertz CT molecular complexity index is 797. The fourth-order valence-corrected chi connectivity index (χ4v) is 1.96. The predicted octanol–water partition coefficient (Wildman–Crippen LogP) is 2.53. The fraction of sp³-hybridized carbons (Fsp3) is 0.125. The average molecular weight is 326 g/mol. The van der Waals surface area contributed by atoms with Crippen molar-refractivity contribution in [3.8, 4) is 11.8 Å². The van der Waals surface area contributed by atoms with E-state index in [-0.39, 0.29) is 18.1 Å². The van der Waals surface area contributed by atoms with E-state index in [0.29, 0.717) is 22.7 Å². The summed E-state index contributed by atoms with van der Waals surface area (Å²) in [6, 6.07) is 12.5. The Morgan fingerprint density at radius 3 is 2.58 bits per heavy atom. The van der Waals surface area contributed by atoms with Gasteiger partial charge in [-0.05, 0) is 30.3 Å². The van der Waals surface area contributed by atoms with Gasteiger partial charge in [-0.15, -0.1) is 0 Å². The standard InChI is InChI=1S/C16H14N4O4/c1-24-15-7-6-13(20(22)23)8-14(15)18-10-16(21)19-12-4-2-11(9-17)3-5-12/h2-8,18H,10H2,1H3,(H,19,21). The van der Waals surface area contributed by atoms with Gasteiger partial charge in [0.05, 0.1) is 35.9 Å². The number of nitrogens with zero attached hydrogens (tertiary/aromatic N) is 2. The van der Waals surface area contributed by atoms with E-state index >= 15 is 0 Å². The van der Waals surface area contributed by atoms with Crippen LogP contribution in [0.1, 0.15) is 5.56 Å². The maximum absolute atomic E-state index is 11.9. The van der Waals surface area contributed by atoms with Gasteiger partial charge in [-0.25, -0.2) is 0 Å². The Balaban J connectivity index is 2.01. The molecule has 0 aliphatic rings. The Kier molecular flexibility index (Phi) is 5.31. The molecule has 24 heavy (non-hydrogen) atoms. The largest absolute Gasteiger partial charge is 0.495 e. The number of methoxy groups -OCH3 is 1. The van der Waals surface area contributed by atoms with Crippen molar-refractivity contribution in [1.29, 1.82) is 5.26 Å². The molecule has 0 aromatic heterocycles. The van der Waals surface area contributed by atoms with E-state index in [9.17, 15) is 14.9 Å². The van der Waals surface area contributed by atoms with Crippen LogP contribution in [0.5, 0.6) is 5.75 Å². The second kappa shape index (κ2) is 7.60. The van der Waals surface area contributed by atoms with Gasteiger partial charge in [-0.1, -0.05) is 0 Å². The van der Waals surface area contributed by atoms with Crippen molar-refractivity contribution in [2.45, 2.75) is 0 Å². The molecule has 0 bridgehead atoms. The van der Waals surface area contributed by atoms with Gasteiger partial charge in [-0.3, -0.25) is 14.9 Å². The van der Waals surface area contributed by atoms with E-state index in [1.54, 1.807) is 24.3 Å². The SMILES string of the molecule is COc1ccc([N+](=O)[O-])cc1NCC(=O)Nc1ccc(C#N)cc1. The highest BCUT2D eigenvalue weighted by Crippen LogP contribution is 2.28. The van der Waals surface area contributed by atoms with E-state index in [4.69, 9.17) is 10.00 Å². The van der Waals surface area contributed by atoms with Gasteiger partial charge in [0, 0.05) is 17.8 Å². The number of nitriles is 1. The van der Waals surface area contributed by atoms with Gasteiger partial charge in [0.25, 0.3) is 5.69 Å². The summed E-state index contributed by atoms with van der Waals surface area (Å²) in [4.78, 5) is 22.2. The third kappa shape index (κ3) is 4.20. The normalized spacial score (nSPS) is 9.67. The van der Waals surface area contributed by atoms with Crippen LogP contribution in [0.3, 0.4) is 0 Å². The third-order valence-corrected chi connectivity index (χ3v) is 3.13. The Hall–Kier alpha value is -3.60. The van der Waals surface area contributed by atoms with Gasteiger partial charge in [-0.2, -0.15) is 5.26 Å². The summed E-state index contributed by atoms with van der Waals surface area (Å²) in [6.07, 6.45) is 0. The molecular weight excluding hydrogens is 312 g/mol. The molecule has 2 rings (SSSR count). The highest BCUT2D eigenvalue weighted by atomic mass is 16.6. The number of ether oxygens (including phenoxy) is 1. The van der Waals surface area contributed by atoms with Crippen LogP contribution in [-0.4, -0.2) is 24.5 Å². The first kappa shape index (κ1) is 16.8. The van der Waals surface area contributed by atoms with Crippen molar-refractivity contribution in [2.24, 2.45) is 0 Å². The Morgan fingerprint density at radius 1 is 1.29 bits per heavy atom. The van der Waals surface area contributed by atoms with Gasteiger partial charge >= 0.3 is 0 Å². The lowest BCUT2D eigenvalue weighted by Crippen LogP contribution is -2.22. The molecule has 2 N–H and O–H groups in total. The van der Waals surface area contributed by atoms with Crippen molar-refractivity contribution in [1.82, 2.24) is 0 Å². The molecule has 1 amide bonds. The molecule has 122 valence electrons. The zero-order chi connectivity index (χ0) is 17.5. The number of hydrogen-bond donors (Lipinski definition) is 2. The molecule has 2 aromatic rings. The minimum atomic E-state index is -0.526. The number of hydrogen-bond acceptors (Lipinski definition) is 6. The van der Waals surface area contributed by atoms with Gasteiger partial charge in [0.15, 0.2) is 0 Å². The summed E-state index contributed by atoms with van der Waals surface area (Å²) in [5.41, 5.74) is 1.28. The topological polar surface area (TPSA) is 117 Å². The smallest absolute Gasteiger partial charge is 0.271 e. The van der Waals surface area contributed by atoms with Crippen LogP contribution in [0.25, 0.3) is 0 Å². The van der Waals surface area contributed by atoms with Crippen LogP contribution in [0, 0.1) is 21.4 Å². The van der Waals surface area contributed by atoms with E-state index in [0.717, 1.165) is 0 Å². The molecule has 8 heteroatoms. The number of carbonyl (C=O) groups is 1. The van der Waals surface area contributed by atoms with Gasteiger partial charge in [0.2, 0.25) is 5.91 Å². The van der Waals surface area contributed by atoms with Crippen LogP contribution in [0.15, 0.2) is 42.5 Å². The Morgan fingerprint density at radius 2 is 2.00 bits per heavy atom. The predicted molar refractivity (Wildman–Crippen MR) is 87.9 cm³/mol. The first-order valence-electron chi connectivity index (χ1n) is 6.90. The van der Waals surface area contributed by atoms with Gasteiger partial charge in [0.1, 0.15) is 5.75 Å². The number of carbonyl (C=O) groups excluding carboxylic acids is 1. The minimum Gasteiger partial charge on any atom is -0.495 e. The zero-order valence-electron chi connectivity index (χ0n) is 12.8. The zero-order valence-corrected chi connectivity index (χ0v) is 12.8. The van der Waals surface area contributed by atoms with E-state index in [1.807, 2.05) is 6.07 Å². The molecule has 0 unspecified atom stereocenters. The molecule has 0 saturated heterocycles. The molecule has 2 aromatic carbocycles. The van der Waals surface area contributed by atoms with Crippen molar-refractivity contribution in [3.05, 3.63) is 58.1 Å². The molecule has 0 spiro atoms. The van der Waals surface area contributed by atoms with Crippen LogP contribution < -0.4 is 15.4 Å². The number of nitrogens with one attached hydrogen (secondary N) is 2. The molecule has 8 nitrogen and oxygen atoms in total. The number of nitro benzene ring substituents is 1. The number of amides is 1. The number of nitro groups is 1. The van der Waals surface area contributed by atoms with Crippen LogP contribution in [0.4, 0.5) is 17.1 Å². The minimum absolute atomic E-state index is 0.0997. The first-order valence-corrected chi connectivity index (χ1v) is 6.90. The second-order valence-corrected chi connectivity index (χ2v) is 4.73. The monoisotopic (exact) mass is 326 g/mol. The maximum Gasteiger partial charge on any atom is 0.271 e. The highest BCUT2D eigenvalue weighted by Gasteiger charge is 2.12. The lowest BCUT2D eigenvalue weighted by atomic mass is 10.2. The van der Waals surface area contributed by atoms with Crippen molar-refractivity contribution < 1.29 is 14.5 Å². The molecule has 0 aliphatic heterocycles. The van der Waals surface area contributed by atoms with E-state index in [2.05, 4.69) is 10.6 Å². The second-order valence-electron chi connectivity index (χ2n) is 4.73. The lowest BCUT2D eigenvalue weighted by molar-refractivity contribution is -0.384. The van der Waals surface area contributed by atoms with Crippen molar-refractivity contribution in [3.63, 3.8) is 0 Å². The van der Waals surface area contributed by atoms with Gasteiger partial charge < -0.3 is 15.4 Å². The quantitative estimate of drug-likeness (QED) is 0.622. The number of non-ortho nitro benzene ring substituents is 1. The summed E-state index contributed by atoms with van der Waals surface area (Å²) in [5, 5.41) is 25.0. The van der Waals surface area contributed by atoms with E-state index < -0.39 is 4.92 Å². The van der Waals surface area contributed by atoms with Crippen LogP contribution in [0.2, 0.25) is 0 Å². The number of rotatable bonds is 6. The van der Waals surface area contributed by atoms with Crippen molar-refractivity contribution in [2.75, 3.05) is 24.3 Å². The van der Waals surface area contributed by atoms with Crippen molar-refractivity contribution >= 4 is 23.0 Å². The van der Waals surface area contributed by atoms with Crippen LogP contribution >= 0.6 is 0 Å². The molecule has 0 radical (unpaired) electrons. The summed E-state index contributed by atoms with van der Waals surface area (Å²) in [5.74, 6) is 0.0556. The number of anilines is 2. The summed E-state index contributed by atoms with van der Waals surface area (Å²) >= 11 is 0. The molecule has 0 saturated carbocycles. The van der Waals surface area contributed by atoms with Crippen LogP contribution in [-0.2, 0) is 4.79 Å². The maximum atomic E-state index is 11.9. The molecule has 0 heterocycles. The summed E-state index contributed by atoms with van der Waals surface area (Å²) < 4.78 is 5.11. The Labute approximate surface area is 137 Å². The summed E-state index contributed by atoms with van der Waals surface area (Å²) in [7, 11) is 1.43. The first-order chi connectivity index (χ1) is 11.5.